The van der Waals surface area contributed by atoms with Crippen LogP contribution >= 0.6 is 0 Å². The average Bonchev–Trinajstić information content (AvgIpc) is 4.02. The largest absolute Gasteiger partial charge is 0.496 e. The lowest BCUT2D eigenvalue weighted by Crippen LogP contribution is -2.31. The van der Waals surface area contributed by atoms with E-state index in [1.165, 1.54) is 19.2 Å². The van der Waals surface area contributed by atoms with Crippen LogP contribution in [-0.4, -0.2) is 55.8 Å². The fourth-order valence-electron chi connectivity index (χ4n) is 8.10. The Morgan fingerprint density at radius 1 is 0.714 bits per heavy atom. The number of sulfonamides is 1. The van der Waals surface area contributed by atoms with Crippen molar-refractivity contribution in [2.75, 3.05) is 24.9 Å². The number of rotatable bonds is 13. The Labute approximate surface area is 375 Å². The Morgan fingerprint density at radius 3 is 1.81 bits per heavy atom. The molecule has 0 aliphatic heterocycles. The van der Waals surface area contributed by atoms with E-state index < -0.39 is 63.5 Å². The lowest BCUT2D eigenvalue weighted by molar-refractivity contribution is 0.0979. The van der Waals surface area contributed by atoms with E-state index in [2.05, 4.69) is 10.6 Å². The highest BCUT2D eigenvalue weighted by molar-refractivity contribution is 7.90. The second kappa shape index (κ2) is 17.7. The normalized spacial score (nSPS) is 14.8. The molecule has 2 aromatic heterocycles. The molecule has 63 heavy (non-hydrogen) atoms. The fourth-order valence-corrected chi connectivity index (χ4v) is 9.07. The molecule has 0 radical (unpaired) electrons. The van der Waals surface area contributed by atoms with Gasteiger partial charge in [0.25, 0.3) is 21.8 Å². The number of hydrogen-bond acceptors (Lipinski definition) is 8. The first kappa shape index (κ1) is 34.5. The molecular weight excluding hydrogens is 819 g/mol. The van der Waals surface area contributed by atoms with Crippen molar-refractivity contribution in [3.05, 3.63) is 148 Å². The van der Waals surface area contributed by atoms with E-state index in [1.807, 2.05) is 72.0 Å². The monoisotopic (exact) mass is 874 g/mol. The van der Waals surface area contributed by atoms with Crippen LogP contribution in [0.1, 0.15) is 83.8 Å². The molecular formula is C49H49N5O8S. The molecule has 8 rings (SSSR count). The summed E-state index contributed by atoms with van der Waals surface area (Å²) < 4.78 is 105. The quantitative estimate of drug-likeness (QED) is 0.104. The summed E-state index contributed by atoms with van der Waals surface area (Å²) in [6.45, 7) is -3.26. The second-order valence-corrected chi connectivity index (χ2v) is 17.1. The summed E-state index contributed by atoms with van der Waals surface area (Å²) in [5.41, 5.74) is 5.30. The molecule has 1 fully saturated rings. The topological polar surface area (TPSA) is 159 Å². The maximum Gasteiger partial charge on any atom is 0.411 e. The summed E-state index contributed by atoms with van der Waals surface area (Å²) in [6.07, 6.45) is 8.06. The van der Waals surface area contributed by atoms with Crippen molar-refractivity contribution < 1.29 is 46.6 Å². The molecule has 3 N–H and O–H groups in total. The number of hydrogen-bond donors (Lipinski definition) is 3. The number of benzene rings is 5. The third kappa shape index (κ3) is 9.12. The summed E-state index contributed by atoms with van der Waals surface area (Å²) in [5, 5.41) is 7.63. The number of aromatic nitrogens is 2. The van der Waals surface area contributed by atoms with Gasteiger partial charge in [-0.15, -0.1) is 0 Å². The first-order valence-electron chi connectivity index (χ1n) is 23.6. The lowest BCUT2D eigenvalue weighted by atomic mass is 10.0. The predicted molar refractivity (Wildman–Crippen MR) is 244 cm³/mol. The van der Waals surface area contributed by atoms with Crippen molar-refractivity contribution in [1.29, 1.82) is 0 Å². The fraction of sp³-hybridized carbons (Fsp3) is 0.245. The molecule has 7 aromatic rings. The smallest absolute Gasteiger partial charge is 0.411 e. The van der Waals surface area contributed by atoms with Crippen LogP contribution in [-0.2, 0) is 41.7 Å². The van der Waals surface area contributed by atoms with Crippen molar-refractivity contribution in [2.24, 2.45) is 14.1 Å². The zero-order valence-corrected chi connectivity index (χ0v) is 35.8. The van der Waals surface area contributed by atoms with Crippen LogP contribution in [0.4, 0.5) is 16.2 Å². The van der Waals surface area contributed by atoms with Gasteiger partial charge in [0.2, 0.25) is 0 Å². The van der Waals surface area contributed by atoms with Crippen LogP contribution < -0.4 is 24.8 Å². The Hall–Kier alpha value is -7.06. The van der Waals surface area contributed by atoms with Gasteiger partial charge in [0.15, 0.2) is 0 Å². The molecule has 1 saturated carbocycles. The van der Waals surface area contributed by atoms with Crippen LogP contribution in [0.5, 0.6) is 11.5 Å². The van der Waals surface area contributed by atoms with Crippen molar-refractivity contribution >= 4 is 61.1 Å². The molecule has 1 aliphatic rings. The molecule has 14 heteroatoms. The van der Waals surface area contributed by atoms with Gasteiger partial charge in [-0.05, 0) is 127 Å². The number of amides is 3. The van der Waals surface area contributed by atoms with Gasteiger partial charge in [0.1, 0.15) is 17.6 Å². The van der Waals surface area contributed by atoms with Crippen LogP contribution in [0, 0.1) is 6.85 Å². The van der Waals surface area contributed by atoms with E-state index >= 15 is 0 Å². The molecule has 1 aliphatic carbocycles. The van der Waals surface area contributed by atoms with Gasteiger partial charge < -0.3 is 28.7 Å². The number of nitrogens with one attached hydrogen (secondary N) is 3. The van der Waals surface area contributed by atoms with E-state index in [0.717, 1.165) is 64.2 Å². The summed E-state index contributed by atoms with van der Waals surface area (Å²) in [5.74, 6) is -0.828. The number of carbonyl (C=O) groups excluding carboxylic acids is 3. The van der Waals surface area contributed by atoms with Crippen LogP contribution in [0.25, 0.3) is 21.8 Å². The molecule has 324 valence electrons. The maximum atomic E-state index is 13.8. The predicted octanol–water partition coefficient (Wildman–Crippen LogP) is 9.04. The molecule has 0 bridgehead atoms. The SMILES string of the molecule is [2H]c1c([2H])c([2H])c(S(=O)(=O)NC(=O)c2ccc(Cc3cn(C)c4ccc(NC(=O)c5ccc(Cc6cn(C)c7ccc(NC(=O)OC8CCCC8)cc67)c(OC)c5)cc34)c(OC)c2)c(C([2H])([2H])[2H])c1[2H]. The molecule has 0 saturated heterocycles. The van der Waals surface area contributed by atoms with Gasteiger partial charge in [0.05, 0.1) is 24.6 Å². The third-order valence-corrected chi connectivity index (χ3v) is 12.5. The second-order valence-electron chi connectivity index (χ2n) is 15.4. The van der Waals surface area contributed by atoms with Gasteiger partial charge in [-0.25, -0.2) is 17.9 Å². The molecule has 3 amide bonds. The highest BCUT2D eigenvalue weighted by Gasteiger charge is 2.23. The van der Waals surface area contributed by atoms with Crippen molar-refractivity contribution in [2.45, 2.75) is 56.4 Å². The number of carbonyl (C=O) groups is 3. The highest BCUT2D eigenvalue weighted by atomic mass is 32.2. The van der Waals surface area contributed by atoms with Crippen molar-refractivity contribution in [3.8, 4) is 11.5 Å². The third-order valence-electron chi connectivity index (χ3n) is 11.2. The summed E-state index contributed by atoms with van der Waals surface area (Å²) in [4.78, 5) is 38.5. The lowest BCUT2D eigenvalue weighted by Gasteiger charge is -2.13. The summed E-state index contributed by atoms with van der Waals surface area (Å²) >= 11 is 0. The van der Waals surface area contributed by atoms with Gasteiger partial charge >= 0.3 is 6.09 Å². The van der Waals surface area contributed by atoms with E-state index in [-0.39, 0.29) is 29.7 Å². The van der Waals surface area contributed by atoms with Crippen LogP contribution in [0.2, 0.25) is 0 Å². The molecule has 13 nitrogen and oxygen atoms in total. The van der Waals surface area contributed by atoms with E-state index in [9.17, 15) is 22.8 Å². The number of aryl methyl sites for hydroxylation is 2. The van der Waals surface area contributed by atoms with Gasteiger partial charge in [-0.3, -0.25) is 14.9 Å². The summed E-state index contributed by atoms with van der Waals surface area (Å²) in [7, 11) is 1.61. The first-order valence-corrected chi connectivity index (χ1v) is 21.6. The molecule has 0 unspecified atom stereocenters. The first-order chi connectivity index (χ1) is 33.2. The van der Waals surface area contributed by atoms with Gasteiger partial charge in [-0.2, -0.15) is 0 Å². The van der Waals surface area contributed by atoms with Gasteiger partial charge in [-0.1, -0.05) is 30.3 Å². The molecule has 0 atom stereocenters. The number of nitrogens with zero attached hydrogens (tertiary/aromatic N) is 2. The minimum absolute atomic E-state index is 0.0539. The Bertz CT molecular complexity index is 3360. The van der Waals surface area contributed by atoms with Crippen LogP contribution in [0.3, 0.4) is 0 Å². The van der Waals surface area contributed by atoms with E-state index in [4.69, 9.17) is 23.8 Å². The number of methoxy groups -OCH3 is 2. The molecule has 2 heterocycles. The minimum atomic E-state index is -5.14. The zero-order valence-electron chi connectivity index (χ0n) is 42.0. The summed E-state index contributed by atoms with van der Waals surface area (Å²) in [6, 6.07) is 16.6. The Balaban J connectivity index is 0.979. The maximum absolute atomic E-state index is 13.8. The van der Waals surface area contributed by atoms with E-state index in [0.29, 0.717) is 34.7 Å². The Morgan fingerprint density at radius 2 is 1.25 bits per heavy atom. The van der Waals surface area contributed by atoms with Crippen molar-refractivity contribution in [1.82, 2.24) is 13.9 Å². The number of ether oxygens (including phenoxy) is 3. The number of anilines is 2. The van der Waals surface area contributed by atoms with E-state index in [1.54, 1.807) is 36.1 Å². The Kier molecular flexibility index (Phi) is 9.72. The minimum Gasteiger partial charge on any atom is -0.496 e. The average molecular weight is 875 g/mol. The van der Waals surface area contributed by atoms with Crippen LogP contribution in [0.15, 0.2) is 114 Å². The van der Waals surface area contributed by atoms with Gasteiger partial charge in [0, 0.05) is 87.8 Å². The zero-order chi connectivity index (χ0) is 50.4. The molecule has 0 spiro atoms. The van der Waals surface area contributed by atoms with Crippen molar-refractivity contribution in [3.63, 3.8) is 0 Å². The molecule has 5 aromatic carbocycles. The highest BCUT2D eigenvalue weighted by Crippen LogP contribution is 2.33. The standard InChI is InChI=1S/C49H49N5O8S/c1-30-10-6-9-13-46(30)63(58,59)52-48(56)34-17-15-32(45(25-34)61-5)23-35-28-53(2)42-20-18-37(26-40(35)42)50-47(55)33-16-14-31(44(24-33)60-4)22-36-29-54(3)43-21-19-38(27-41(36)43)51-49(57)62-39-11-7-8-12-39/h6,9-10,13-21,24-29,39H,7-8,11-12,22-23H2,1-5H3,(H,50,55)(H,51,57)(H,52,56)/i1D3,6D,9D,10D,13D. The number of fused-ring (bicyclic) bond motifs is 2.